The van der Waals surface area contributed by atoms with Crippen LogP contribution in [0.2, 0.25) is 15.1 Å². The summed E-state index contributed by atoms with van der Waals surface area (Å²) in [6, 6.07) is 6.66. The Labute approximate surface area is 164 Å². The minimum atomic E-state index is -0.336. The Kier molecular flexibility index (Phi) is 5.70. The van der Waals surface area contributed by atoms with E-state index in [4.69, 9.17) is 39.5 Å². The highest BCUT2D eigenvalue weighted by Crippen LogP contribution is 2.32. The molecule has 136 valence electrons. The largest absolute Gasteiger partial charge is 0.468 e. The number of hydrogen-bond donors (Lipinski definition) is 1. The van der Waals surface area contributed by atoms with Crippen LogP contribution in [0.1, 0.15) is 16.2 Å². The minimum absolute atomic E-state index is 0.0598. The summed E-state index contributed by atoms with van der Waals surface area (Å²) >= 11 is 18.1. The first-order chi connectivity index (χ1) is 12.5. The van der Waals surface area contributed by atoms with Crippen molar-refractivity contribution in [1.82, 2.24) is 24.9 Å². The molecular formula is C16H14Cl3N5O2. The van der Waals surface area contributed by atoms with Crippen molar-refractivity contribution in [3.8, 4) is 5.75 Å². The van der Waals surface area contributed by atoms with Crippen LogP contribution in [0.4, 0.5) is 0 Å². The van der Waals surface area contributed by atoms with Crippen LogP contribution in [0, 0.1) is 0 Å². The van der Waals surface area contributed by atoms with Gasteiger partial charge in [-0.05, 0) is 18.2 Å². The molecule has 2 aromatic heterocycles. The summed E-state index contributed by atoms with van der Waals surface area (Å²) in [7, 11) is 1.75. The van der Waals surface area contributed by atoms with Crippen molar-refractivity contribution in [3.05, 3.63) is 63.1 Å². The topological polar surface area (TPSA) is 74.0 Å². The van der Waals surface area contributed by atoms with Crippen molar-refractivity contribution in [2.45, 2.75) is 13.3 Å². The van der Waals surface area contributed by atoms with Crippen LogP contribution in [0.5, 0.6) is 5.75 Å². The lowest BCUT2D eigenvalue weighted by molar-refractivity contribution is 0.0943. The normalized spacial score (nSPS) is 10.8. The predicted octanol–water partition coefficient (Wildman–Crippen LogP) is 3.54. The summed E-state index contributed by atoms with van der Waals surface area (Å²) < 4.78 is 8.64. The molecule has 0 unspecified atom stereocenters. The van der Waals surface area contributed by atoms with E-state index in [1.165, 1.54) is 10.9 Å². The summed E-state index contributed by atoms with van der Waals surface area (Å²) in [5, 5.41) is 12.2. The molecule has 0 radical (unpaired) electrons. The van der Waals surface area contributed by atoms with Crippen molar-refractivity contribution in [2.75, 3.05) is 0 Å². The van der Waals surface area contributed by atoms with Crippen molar-refractivity contribution in [3.63, 3.8) is 0 Å². The van der Waals surface area contributed by atoms with Crippen molar-refractivity contribution in [2.24, 2.45) is 7.05 Å². The van der Waals surface area contributed by atoms with E-state index in [0.29, 0.717) is 26.5 Å². The zero-order chi connectivity index (χ0) is 18.7. The molecule has 0 bridgehead atoms. The fourth-order valence-electron chi connectivity index (χ4n) is 2.20. The molecule has 0 saturated carbocycles. The number of carbonyl (C=O) groups excluding carboxylic acids is 1. The number of nitrogens with zero attached hydrogens (tertiary/aromatic N) is 4. The van der Waals surface area contributed by atoms with Gasteiger partial charge in [0.05, 0.1) is 33.5 Å². The number of rotatable bonds is 6. The highest BCUT2D eigenvalue weighted by Gasteiger charge is 2.13. The number of ether oxygens (including phenoxy) is 1. The fraction of sp³-hybridized carbons (Fsp3) is 0.188. The molecule has 0 atom stereocenters. The number of halogens is 3. The number of aryl methyl sites for hydroxylation is 1. The number of carbonyl (C=O) groups is 1. The maximum Gasteiger partial charge on any atom is 0.272 e. The van der Waals surface area contributed by atoms with Crippen LogP contribution in [-0.2, 0) is 20.3 Å². The second kappa shape index (κ2) is 7.99. The van der Waals surface area contributed by atoms with Crippen LogP contribution in [0.25, 0.3) is 0 Å². The first-order valence-electron chi connectivity index (χ1n) is 7.50. The minimum Gasteiger partial charge on any atom is -0.468 e. The lowest BCUT2D eigenvalue weighted by atomic mass is 10.3. The molecule has 1 aromatic carbocycles. The fourth-order valence-corrected chi connectivity index (χ4v) is 2.93. The molecule has 3 aromatic rings. The van der Waals surface area contributed by atoms with Gasteiger partial charge in [-0.2, -0.15) is 10.2 Å². The third-order valence-electron chi connectivity index (χ3n) is 3.56. The zero-order valence-corrected chi connectivity index (χ0v) is 15.9. The number of aromatic nitrogens is 4. The summed E-state index contributed by atoms with van der Waals surface area (Å²) in [6.45, 7) is 0.303. The Hall–Kier alpha value is -2.22. The van der Waals surface area contributed by atoms with Crippen molar-refractivity contribution in [1.29, 1.82) is 0 Å². The van der Waals surface area contributed by atoms with Crippen molar-refractivity contribution >= 4 is 40.7 Å². The average molecular weight is 415 g/mol. The first-order valence-corrected chi connectivity index (χ1v) is 8.64. The van der Waals surface area contributed by atoms with E-state index < -0.39 is 0 Å². The Balaban J connectivity index is 1.60. The highest BCUT2D eigenvalue weighted by molar-refractivity contribution is 6.37. The Morgan fingerprint density at radius 2 is 1.92 bits per heavy atom. The van der Waals surface area contributed by atoms with Gasteiger partial charge in [0.1, 0.15) is 5.69 Å². The predicted molar refractivity (Wildman–Crippen MR) is 98.7 cm³/mol. The first kappa shape index (κ1) is 18.6. The van der Waals surface area contributed by atoms with Gasteiger partial charge in [0.15, 0.2) is 12.5 Å². The summed E-state index contributed by atoms with van der Waals surface area (Å²) in [4.78, 5) is 12.2. The molecule has 7 nitrogen and oxygen atoms in total. The quantitative estimate of drug-likeness (QED) is 0.669. The van der Waals surface area contributed by atoms with E-state index in [9.17, 15) is 4.79 Å². The van der Waals surface area contributed by atoms with Crippen LogP contribution in [0.15, 0.2) is 36.7 Å². The Morgan fingerprint density at radius 1 is 1.19 bits per heavy atom. The van der Waals surface area contributed by atoms with Gasteiger partial charge in [0, 0.05) is 13.2 Å². The molecule has 0 aliphatic carbocycles. The van der Waals surface area contributed by atoms with Gasteiger partial charge in [-0.25, -0.2) is 4.68 Å². The number of para-hydroxylation sites is 1. The van der Waals surface area contributed by atoms with E-state index in [-0.39, 0.29) is 24.9 Å². The lowest BCUT2D eigenvalue weighted by Crippen LogP contribution is -2.25. The molecule has 1 amide bonds. The maximum atomic E-state index is 12.2. The standard InChI is InChI=1S/C16H14Cl3N5O2/c1-23-14(12(19)7-21-23)8-20-16(25)13-5-6-24(22-13)9-26-15-10(17)3-2-4-11(15)18/h2-7H,8-9H2,1H3,(H,20,25). The van der Waals surface area contributed by atoms with E-state index in [2.05, 4.69) is 15.5 Å². The maximum absolute atomic E-state index is 12.2. The third kappa shape index (κ3) is 4.12. The number of hydrogen-bond acceptors (Lipinski definition) is 4. The van der Waals surface area contributed by atoms with Gasteiger partial charge < -0.3 is 10.1 Å². The van der Waals surface area contributed by atoms with E-state index in [1.54, 1.807) is 42.2 Å². The number of benzene rings is 1. The van der Waals surface area contributed by atoms with Crippen LogP contribution in [-0.4, -0.2) is 25.5 Å². The molecule has 3 rings (SSSR count). The van der Waals surface area contributed by atoms with Gasteiger partial charge in [0.25, 0.3) is 5.91 Å². The van der Waals surface area contributed by atoms with E-state index in [0.717, 1.165) is 0 Å². The van der Waals surface area contributed by atoms with E-state index in [1.807, 2.05) is 0 Å². The van der Waals surface area contributed by atoms with Crippen LogP contribution in [0.3, 0.4) is 0 Å². The lowest BCUT2D eigenvalue weighted by Gasteiger charge is -2.09. The summed E-state index contributed by atoms with van der Waals surface area (Å²) in [5.41, 5.74) is 0.952. The summed E-state index contributed by atoms with van der Waals surface area (Å²) in [6.07, 6.45) is 3.14. The number of nitrogens with one attached hydrogen (secondary N) is 1. The summed E-state index contributed by atoms with van der Waals surface area (Å²) in [5.74, 6) is 0.0278. The third-order valence-corrected chi connectivity index (χ3v) is 4.47. The highest BCUT2D eigenvalue weighted by atomic mass is 35.5. The molecule has 0 aliphatic rings. The Morgan fingerprint density at radius 3 is 2.58 bits per heavy atom. The van der Waals surface area contributed by atoms with Gasteiger partial charge in [-0.1, -0.05) is 40.9 Å². The smallest absolute Gasteiger partial charge is 0.272 e. The second-order valence-corrected chi connectivity index (χ2v) is 6.53. The van der Waals surface area contributed by atoms with E-state index >= 15 is 0 Å². The molecule has 0 fully saturated rings. The van der Waals surface area contributed by atoms with Crippen LogP contribution < -0.4 is 10.1 Å². The molecule has 10 heteroatoms. The van der Waals surface area contributed by atoms with Gasteiger partial charge >= 0.3 is 0 Å². The second-order valence-electron chi connectivity index (χ2n) is 5.31. The van der Waals surface area contributed by atoms with Crippen LogP contribution >= 0.6 is 34.8 Å². The Bertz CT molecular complexity index is 898. The van der Waals surface area contributed by atoms with Gasteiger partial charge in [-0.15, -0.1) is 0 Å². The molecule has 0 saturated heterocycles. The molecule has 1 N–H and O–H groups in total. The SMILES string of the molecule is Cn1ncc(Cl)c1CNC(=O)c1ccn(COc2c(Cl)cccc2Cl)n1. The molecular weight excluding hydrogens is 401 g/mol. The molecule has 26 heavy (non-hydrogen) atoms. The van der Waals surface area contributed by atoms with Crippen molar-refractivity contribution < 1.29 is 9.53 Å². The molecule has 2 heterocycles. The number of amides is 1. The zero-order valence-electron chi connectivity index (χ0n) is 13.6. The molecule has 0 spiro atoms. The monoisotopic (exact) mass is 413 g/mol. The van der Waals surface area contributed by atoms with Gasteiger partial charge in [-0.3, -0.25) is 9.48 Å². The average Bonchev–Trinajstić information content (AvgIpc) is 3.20. The van der Waals surface area contributed by atoms with Gasteiger partial charge in [0.2, 0.25) is 0 Å². The molecule has 0 aliphatic heterocycles.